The van der Waals surface area contributed by atoms with Crippen molar-refractivity contribution in [3.8, 4) is 0 Å². The molecule has 0 amide bonds. The van der Waals surface area contributed by atoms with Crippen molar-refractivity contribution in [1.82, 2.24) is 0 Å². The van der Waals surface area contributed by atoms with Crippen LogP contribution in [0.25, 0.3) is 0 Å². The van der Waals surface area contributed by atoms with Crippen LogP contribution in [0.2, 0.25) is 0 Å². The van der Waals surface area contributed by atoms with Gasteiger partial charge in [0.05, 0.1) is 7.05 Å². The molecule has 0 saturated carbocycles. The van der Waals surface area contributed by atoms with Crippen LogP contribution < -0.4 is 9.80 Å². The molecule has 1 saturated heterocycles. The summed E-state index contributed by atoms with van der Waals surface area (Å²) in [6, 6.07) is 6.90. The lowest BCUT2D eigenvalue weighted by molar-refractivity contribution is -1.01. The Morgan fingerprint density at radius 2 is 1.67 bits per heavy atom. The van der Waals surface area contributed by atoms with E-state index in [9.17, 15) is 4.39 Å². The molecule has 0 unspecified atom stereocenters. The van der Waals surface area contributed by atoms with Crippen LogP contribution in [0.15, 0.2) is 24.3 Å². The molecular weight excluding hydrogens is 191 g/mol. The van der Waals surface area contributed by atoms with Gasteiger partial charge in [0.15, 0.2) is 0 Å². The third kappa shape index (κ3) is 3.01. The van der Waals surface area contributed by atoms with E-state index < -0.39 is 0 Å². The highest BCUT2D eigenvalue weighted by Gasteiger charge is 2.19. The minimum absolute atomic E-state index is 0.142. The van der Waals surface area contributed by atoms with Crippen LogP contribution in [-0.2, 0) is 6.54 Å². The summed E-state index contributed by atoms with van der Waals surface area (Å²) in [4.78, 5) is 3.24. The number of hydrogen-bond acceptors (Lipinski definition) is 0. The van der Waals surface area contributed by atoms with Gasteiger partial charge in [0, 0.05) is 5.56 Å². The maximum Gasteiger partial charge on any atom is 0.127 e. The van der Waals surface area contributed by atoms with Gasteiger partial charge in [-0.3, -0.25) is 0 Å². The zero-order valence-corrected chi connectivity index (χ0v) is 9.22. The quantitative estimate of drug-likeness (QED) is 0.603. The lowest BCUT2D eigenvalue weighted by atomic mass is 10.2. The maximum absolute atomic E-state index is 12.7. The molecule has 2 N–H and O–H groups in total. The Labute approximate surface area is 90.3 Å². The first-order valence-electron chi connectivity index (χ1n) is 5.63. The van der Waals surface area contributed by atoms with E-state index in [4.69, 9.17) is 0 Å². The first-order valence-corrected chi connectivity index (χ1v) is 5.63. The summed E-state index contributed by atoms with van der Waals surface area (Å²) in [7, 11) is 2.24. The minimum atomic E-state index is -0.142. The smallest absolute Gasteiger partial charge is 0.127 e. The fourth-order valence-electron chi connectivity index (χ4n) is 2.10. The molecule has 82 valence electrons. The predicted molar refractivity (Wildman–Crippen MR) is 57.4 cm³/mol. The van der Waals surface area contributed by atoms with Crippen LogP contribution in [-0.4, -0.2) is 33.2 Å². The van der Waals surface area contributed by atoms with Gasteiger partial charge in [0.1, 0.15) is 38.5 Å². The van der Waals surface area contributed by atoms with Crippen molar-refractivity contribution in [2.45, 2.75) is 6.54 Å². The Morgan fingerprint density at radius 1 is 1.07 bits per heavy atom. The van der Waals surface area contributed by atoms with E-state index >= 15 is 0 Å². The standard InChI is InChI=1S/C12H17FN2/c1-14-6-8-15(9-7-14)10-11-2-4-12(13)5-3-11/h2-5H,6-10H2,1H3/p+2. The summed E-state index contributed by atoms with van der Waals surface area (Å²) in [6.07, 6.45) is 0. The first-order chi connectivity index (χ1) is 7.24. The summed E-state index contributed by atoms with van der Waals surface area (Å²) >= 11 is 0. The molecule has 1 fully saturated rings. The van der Waals surface area contributed by atoms with Gasteiger partial charge in [0.25, 0.3) is 0 Å². The summed E-state index contributed by atoms with van der Waals surface area (Å²) in [5.74, 6) is -0.142. The molecule has 0 atom stereocenters. The largest absolute Gasteiger partial charge is 0.328 e. The molecule has 1 aliphatic heterocycles. The Hall–Kier alpha value is -0.930. The van der Waals surface area contributed by atoms with Crippen LogP contribution in [0.1, 0.15) is 5.56 Å². The second kappa shape index (κ2) is 4.73. The summed E-state index contributed by atoms with van der Waals surface area (Å²) < 4.78 is 12.7. The van der Waals surface area contributed by atoms with Crippen molar-refractivity contribution < 1.29 is 14.2 Å². The third-order valence-electron chi connectivity index (χ3n) is 3.18. The van der Waals surface area contributed by atoms with Crippen LogP contribution in [0.4, 0.5) is 4.39 Å². The Balaban J connectivity index is 1.89. The van der Waals surface area contributed by atoms with Crippen LogP contribution >= 0.6 is 0 Å². The van der Waals surface area contributed by atoms with Gasteiger partial charge in [-0.25, -0.2) is 4.39 Å². The van der Waals surface area contributed by atoms with Gasteiger partial charge in [-0.05, 0) is 12.1 Å². The highest BCUT2D eigenvalue weighted by atomic mass is 19.1. The molecule has 0 bridgehead atoms. The fraction of sp³-hybridized carbons (Fsp3) is 0.500. The van der Waals surface area contributed by atoms with E-state index in [1.165, 1.54) is 31.7 Å². The maximum atomic E-state index is 12.7. The molecule has 1 aliphatic rings. The summed E-state index contributed by atoms with van der Waals surface area (Å²) in [5.41, 5.74) is 1.24. The Bertz CT molecular complexity index is 302. The molecule has 0 spiro atoms. The molecular formula is C12H19FN2+2. The lowest BCUT2D eigenvalue weighted by Crippen LogP contribution is -3.26. The van der Waals surface area contributed by atoms with Crippen molar-refractivity contribution in [3.63, 3.8) is 0 Å². The zero-order chi connectivity index (χ0) is 10.7. The van der Waals surface area contributed by atoms with Crippen molar-refractivity contribution >= 4 is 0 Å². The topological polar surface area (TPSA) is 8.88 Å². The number of quaternary nitrogens is 2. The minimum Gasteiger partial charge on any atom is -0.328 e. The van der Waals surface area contributed by atoms with E-state index in [1.54, 1.807) is 21.9 Å². The lowest BCUT2D eigenvalue weighted by Gasteiger charge is -2.27. The van der Waals surface area contributed by atoms with E-state index in [-0.39, 0.29) is 5.82 Å². The molecule has 0 aliphatic carbocycles. The molecule has 15 heavy (non-hydrogen) atoms. The molecule has 2 rings (SSSR count). The zero-order valence-electron chi connectivity index (χ0n) is 9.22. The fourth-order valence-corrected chi connectivity index (χ4v) is 2.10. The van der Waals surface area contributed by atoms with Crippen molar-refractivity contribution in [2.75, 3.05) is 33.2 Å². The highest BCUT2D eigenvalue weighted by Crippen LogP contribution is 2.00. The summed E-state index contributed by atoms with van der Waals surface area (Å²) in [5, 5.41) is 0. The Morgan fingerprint density at radius 3 is 2.27 bits per heavy atom. The molecule has 0 aromatic heterocycles. The second-order valence-corrected chi connectivity index (χ2v) is 4.51. The van der Waals surface area contributed by atoms with Crippen molar-refractivity contribution in [3.05, 3.63) is 35.6 Å². The number of benzene rings is 1. The second-order valence-electron chi connectivity index (χ2n) is 4.51. The number of nitrogens with one attached hydrogen (secondary N) is 2. The van der Waals surface area contributed by atoms with Crippen molar-refractivity contribution in [1.29, 1.82) is 0 Å². The van der Waals surface area contributed by atoms with Crippen molar-refractivity contribution in [2.24, 2.45) is 0 Å². The number of hydrogen-bond donors (Lipinski definition) is 2. The molecule has 1 aromatic carbocycles. The third-order valence-corrected chi connectivity index (χ3v) is 3.18. The molecule has 0 radical (unpaired) electrons. The van der Waals surface area contributed by atoms with Gasteiger partial charge in [0.2, 0.25) is 0 Å². The van der Waals surface area contributed by atoms with Gasteiger partial charge in [-0.15, -0.1) is 0 Å². The average Bonchev–Trinajstić information content (AvgIpc) is 2.25. The average molecular weight is 210 g/mol. The predicted octanol–water partition coefficient (Wildman–Crippen LogP) is -1.26. The Kier molecular flexibility index (Phi) is 3.34. The van der Waals surface area contributed by atoms with Crippen LogP contribution in [0.5, 0.6) is 0 Å². The SMILES string of the molecule is C[NH+]1CC[NH+](Cc2ccc(F)cc2)CC1. The summed E-state index contributed by atoms with van der Waals surface area (Å²) in [6.45, 7) is 5.98. The molecule has 2 nitrogen and oxygen atoms in total. The number of piperazine rings is 1. The number of likely N-dealkylation sites (N-methyl/N-ethyl adjacent to an activating group) is 1. The monoisotopic (exact) mass is 210 g/mol. The van der Waals surface area contributed by atoms with Gasteiger partial charge >= 0.3 is 0 Å². The van der Waals surface area contributed by atoms with E-state index in [2.05, 4.69) is 7.05 Å². The van der Waals surface area contributed by atoms with Gasteiger partial charge in [-0.2, -0.15) is 0 Å². The van der Waals surface area contributed by atoms with E-state index in [0.29, 0.717) is 0 Å². The molecule has 1 aromatic rings. The first kappa shape index (κ1) is 10.6. The van der Waals surface area contributed by atoms with Gasteiger partial charge < -0.3 is 9.80 Å². The van der Waals surface area contributed by atoms with Crippen LogP contribution in [0, 0.1) is 5.82 Å². The van der Waals surface area contributed by atoms with Gasteiger partial charge in [-0.1, -0.05) is 12.1 Å². The van der Waals surface area contributed by atoms with E-state index in [0.717, 1.165) is 6.54 Å². The number of rotatable bonds is 2. The normalized spacial score (nSPS) is 26.5. The van der Waals surface area contributed by atoms with Crippen LogP contribution in [0.3, 0.4) is 0 Å². The number of halogens is 1. The van der Waals surface area contributed by atoms with E-state index in [1.807, 2.05) is 12.1 Å². The highest BCUT2D eigenvalue weighted by molar-refractivity contribution is 5.14. The molecule has 3 heteroatoms. The molecule has 1 heterocycles.